The van der Waals surface area contributed by atoms with Gasteiger partial charge in [0, 0.05) is 16.0 Å². The predicted octanol–water partition coefficient (Wildman–Crippen LogP) is 5.05. The zero-order valence-corrected chi connectivity index (χ0v) is 12.5. The van der Waals surface area contributed by atoms with E-state index in [1.165, 1.54) is 24.3 Å². The summed E-state index contributed by atoms with van der Waals surface area (Å²) in [4.78, 5) is 15.7. The Kier molecular flexibility index (Phi) is 3.72. The molecule has 1 N–H and O–H groups in total. The number of carbonyl (C=O) groups is 1. The van der Waals surface area contributed by atoms with Gasteiger partial charge in [-0.2, -0.15) is 0 Å². The van der Waals surface area contributed by atoms with Crippen molar-refractivity contribution in [3.63, 3.8) is 0 Å². The highest BCUT2D eigenvalue weighted by Crippen LogP contribution is 2.32. The average Bonchev–Trinajstić information content (AvgIpc) is 2.49. The molecule has 0 aliphatic heterocycles. The van der Waals surface area contributed by atoms with Gasteiger partial charge in [0.15, 0.2) is 0 Å². The van der Waals surface area contributed by atoms with Crippen LogP contribution < -0.4 is 0 Å². The smallest absolute Gasteiger partial charge is 0.336 e. The third-order valence-corrected chi connectivity index (χ3v) is 3.79. The summed E-state index contributed by atoms with van der Waals surface area (Å²) in [6.07, 6.45) is 0. The van der Waals surface area contributed by atoms with Gasteiger partial charge < -0.3 is 5.11 Å². The fourth-order valence-electron chi connectivity index (χ4n) is 2.22. The van der Waals surface area contributed by atoms with Crippen molar-refractivity contribution in [1.29, 1.82) is 0 Å². The lowest BCUT2D eigenvalue weighted by atomic mass is 10.0. The van der Waals surface area contributed by atoms with Crippen molar-refractivity contribution in [3.8, 4) is 11.3 Å². The third-order valence-electron chi connectivity index (χ3n) is 3.23. The highest BCUT2D eigenvalue weighted by molar-refractivity contribution is 6.35. The molecule has 0 aliphatic rings. The monoisotopic (exact) mass is 335 g/mol. The number of hydrogen-bond donors (Lipinski definition) is 1. The van der Waals surface area contributed by atoms with E-state index in [1.807, 2.05) is 0 Å². The van der Waals surface area contributed by atoms with E-state index in [-0.39, 0.29) is 22.2 Å². The number of halogens is 3. The topological polar surface area (TPSA) is 50.2 Å². The lowest BCUT2D eigenvalue weighted by Crippen LogP contribution is -2.01. The Labute approximate surface area is 134 Å². The van der Waals surface area contributed by atoms with Gasteiger partial charge in [-0.1, -0.05) is 35.3 Å². The maximum absolute atomic E-state index is 14.0. The second kappa shape index (κ2) is 5.55. The number of hydrogen-bond acceptors (Lipinski definition) is 2. The van der Waals surface area contributed by atoms with E-state index < -0.39 is 11.8 Å². The molecule has 0 amide bonds. The summed E-state index contributed by atoms with van der Waals surface area (Å²) in [6.45, 7) is 0. The molecule has 0 bridgehead atoms. The summed E-state index contributed by atoms with van der Waals surface area (Å²) >= 11 is 12.1. The molecular formula is C16H8Cl2FNO2. The van der Waals surface area contributed by atoms with Gasteiger partial charge in [0.2, 0.25) is 0 Å². The van der Waals surface area contributed by atoms with Crippen LogP contribution in [-0.2, 0) is 0 Å². The lowest BCUT2D eigenvalue weighted by molar-refractivity contribution is 0.0699. The highest BCUT2D eigenvalue weighted by Gasteiger charge is 2.16. The van der Waals surface area contributed by atoms with E-state index >= 15 is 0 Å². The van der Waals surface area contributed by atoms with Crippen LogP contribution in [0.5, 0.6) is 0 Å². The Morgan fingerprint density at radius 1 is 1.14 bits per heavy atom. The van der Waals surface area contributed by atoms with Gasteiger partial charge in [0.05, 0.1) is 16.3 Å². The van der Waals surface area contributed by atoms with Crippen LogP contribution in [0.2, 0.25) is 10.0 Å². The minimum absolute atomic E-state index is 0.0200. The van der Waals surface area contributed by atoms with Crippen LogP contribution in [0.3, 0.4) is 0 Å². The fourth-order valence-corrected chi connectivity index (χ4v) is 2.61. The highest BCUT2D eigenvalue weighted by atomic mass is 35.5. The Hall–Kier alpha value is -2.17. The molecule has 2 aromatic carbocycles. The zero-order chi connectivity index (χ0) is 15.9. The quantitative estimate of drug-likeness (QED) is 0.713. The second-order valence-corrected chi connectivity index (χ2v) is 5.46. The summed E-state index contributed by atoms with van der Waals surface area (Å²) in [6, 6.07) is 10.3. The third kappa shape index (κ3) is 2.51. The van der Waals surface area contributed by atoms with Gasteiger partial charge in [-0.05, 0) is 30.3 Å². The molecule has 0 spiro atoms. The maximum atomic E-state index is 14.0. The van der Waals surface area contributed by atoms with Crippen LogP contribution in [0.15, 0.2) is 42.5 Å². The number of pyridine rings is 1. The first-order chi connectivity index (χ1) is 10.5. The zero-order valence-electron chi connectivity index (χ0n) is 11.0. The Balaban J connectivity index is 2.38. The van der Waals surface area contributed by atoms with Gasteiger partial charge in [0.1, 0.15) is 11.3 Å². The summed E-state index contributed by atoms with van der Waals surface area (Å²) in [5.41, 5.74) is 0.633. The largest absolute Gasteiger partial charge is 0.478 e. The number of rotatable bonds is 2. The van der Waals surface area contributed by atoms with Crippen molar-refractivity contribution in [1.82, 2.24) is 4.98 Å². The van der Waals surface area contributed by atoms with E-state index in [0.717, 1.165) is 0 Å². The molecule has 3 nitrogen and oxygen atoms in total. The summed E-state index contributed by atoms with van der Waals surface area (Å²) in [7, 11) is 0. The summed E-state index contributed by atoms with van der Waals surface area (Å²) in [5, 5.41) is 10.4. The van der Waals surface area contributed by atoms with E-state index in [9.17, 15) is 14.3 Å². The number of aromatic carboxylic acids is 1. The summed E-state index contributed by atoms with van der Waals surface area (Å²) in [5.74, 6) is -1.77. The van der Waals surface area contributed by atoms with Gasteiger partial charge in [-0.25, -0.2) is 14.2 Å². The SMILES string of the molecule is O=C(O)c1cc(-c2cc(Cl)ccc2Cl)nc2c(F)cccc12. The Morgan fingerprint density at radius 3 is 2.64 bits per heavy atom. The minimum atomic E-state index is -1.17. The molecule has 22 heavy (non-hydrogen) atoms. The first kappa shape index (κ1) is 14.8. The van der Waals surface area contributed by atoms with Crippen LogP contribution >= 0.6 is 23.2 Å². The first-order valence-corrected chi connectivity index (χ1v) is 7.01. The van der Waals surface area contributed by atoms with Crippen LogP contribution in [0.1, 0.15) is 10.4 Å². The standard InChI is InChI=1S/C16H8Cl2FNO2/c17-8-4-5-12(18)11(6-8)14-7-10(16(21)22)9-2-1-3-13(19)15(9)20-14/h1-7H,(H,21,22). The van der Waals surface area contributed by atoms with E-state index in [2.05, 4.69) is 4.98 Å². The fraction of sp³-hybridized carbons (Fsp3) is 0. The van der Waals surface area contributed by atoms with Crippen LogP contribution in [0.25, 0.3) is 22.2 Å². The molecule has 0 radical (unpaired) electrons. The molecule has 0 saturated heterocycles. The minimum Gasteiger partial charge on any atom is -0.478 e. The van der Waals surface area contributed by atoms with Crippen molar-refractivity contribution >= 4 is 40.1 Å². The molecule has 3 rings (SSSR count). The molecule has 6 heteroatoms. The van der Waals surface area contributed by atoms with Crippen molar-refractivity contribution < 1.29 is 14.3 Å². The predicted molar refractivity (Wildman–Crippen MR) is 84.1 cm³/mol. The van der Waals surface area contributed by atoms with Crippen molar-refractivity contribution in [2.45, 2.75) is 0 Å². The molecule has 110 valence electrons. The number of benzene rings is 2. The second-order valence-electron chi connectivity index (χ2n) is 4.62. The van der Waals surface area contributed by atoms with Crippen molar-refractivity contribution in [2.75, 3.05) is 0 Å². The molecule has 3 aromatic rings. The molecule has 0 fully saturated rings. The van der Waals surface area contributed by atoms with Gasteiger partial charge in [-0.15, -0.1) is 0 Å². The Bertz CT molecular complexity index is 912. The summed E-state index contributed by atoms with van der Waals surface area (Å²) < 4.78 is 14.0. The molecular weight excluding hydrogens is 328 g/mol. The molecule has 0 atom stereocenters. The normalized spacial score (nSPS) is 10.9. The number of carboxylic acids is 1. The first-order valence-electron chi connectivity index (χ1n) is 6.25. The van der Waals surface area contributed by atoms with Gasteiger partial charge >= 0.3 is 5.97 Å². The number of fused-ring (bicyclic) bond motifs is 1. The van der Waals surface area contributed by atoms with Crippen molar-refractivity contribution in [2.24, 2.45) is 0 Å². The number of para-hydroxylation sites is 1. The Morgan fingerprint density at radius 2 is 1.91 bits per heavy atom. The van der Waals surface area contributed by atoms with Gasteiger partial charge in [-0.3, -0.25) is 0 Å². The molecule has 0 saturated carbocycles. The van der Waals surface area contributed by atoms with Crippen molar-refractivity contribution in [3.05, 3.63) is 63.9 Å². The van der Waals surface area contributed by atoms with E-state index in [4.69, 9.17) is 23.2 Å². The number of aromatic nitrogens is 1. The van der Waals surface area contributed by atoms with Crippen LogP contribution in [0, 0.1) is 5.82 Å². The van der Waals surface area contributed by atoms with Crippen LogP contribution in [0.4, 0.5) is 4.39 Å². The molecule has 0 aliphatic carbocycles. The maximum Gasteiger partial charge on any atom is 0.336 e. The lowest BCUT2D eigenvalue weighted by Gasteiger charge is -2.09. The molecule has 1 heterocycles. The molecule has 0 unspecified atom stereocenters. The molecule has 1 aromatic heterocycles. The number of nitrogens with zero attached hydrogens (tertiary/aromatic N) is 1. The van der Waals surface area contributed by atoms with E-state index in [1.54, 1.807) is 18.2 Å². The average molecular weight is 336 g/mol. The van der Waals surface area contributed by atoms with Crippen LogP contribution in [-0.4, -0.2) is 16.1 Å². The van der Waals surface area contributed by atoms with Gasteiger partial charge in [0.25, 0.3) is 0 Å². The number of carboxylic acid groups (broad SMARTS) is 1. The van der Waals surface area contributed by atoms with E-state index in [0.29, 0.717) is 15.6 Å².